The summed E-state index contributed by atoms with van der Waals surface area (Å²) in [6, 6.07) is 5.35. The van der Waals surface area contributed by atoms with Gasteiger partial charge in [-0.3, -0.25) is 0 Å². The summed E-state index contributed by atoms with van der Waals surface area (Å²) in [4.78, 5) is -0.365. The largest absolute Gasteiger partial charge is 0.385 e. The molecule has 4 nitrogen and oxygen atoms in total. The number of benzene rings is 1. The smallest absolute Gasteiger partial charge is 0.341 e. The summed E-state index contributed by atoms with van der Waals surface area (Å²) in [7, 11) is -2.64. The van der Waals surface area contributed by atoms with E-state index in [2.05, 4.69) is 17.6 Å². The number of anilines is 1. The van der Waals surface area contributed by atoms with Crippen molar-refractivity contribution in [3.8, 4) is 0 Å². The number of hydrogen-bond acceptors (Lipinski definition) is 4. The Bertz CT molecular complexity index is 489. The van der Waals surface area contributed by atoms with Crippen molar-refractivity contribution in [3.63, 3.8) is 0 Å². The van der Waals surface area contributed by atoms with Crippen molar-refractivity contribution in [1.29, 1.82) is 0 Å². The van der Waals surface area contributed by atoms with Gasteiger partial charge in [-0.15, -0.1) is 0 Å². The highest BCUT2D eigenvalue weighted by Gasteiger charge is 2.26. The fourth-order valence-electron chi connectivity index (χ4n) is 1.58. The van der Waals surface area contributed by atoms with Crippen LogP contribution in [0.3, 0.4) is 0 Å². The van der Waals surface area contributed by atoms with E-state index >= 15 is 0 Å². The molecule has 1 atom stereocenters. The number of halogens is 2. The zero-order chi connectivity index (χ0) is 14.5. The van der Waals surface area contributed by atoms with Gasteiger partial charge >= 0.3 is 5.76 Å². The molecule has 0 saturated heterocycles. The van der Waals surface area contributed by atoms with Gasteiger partial charge in [-0.25, -0.2) is 8.42 Å². The summed E-state index contributed by atoms with van der Waals surface area (Å²) in [6.45, 7) is 3.62. The van der Waals surface area contributed by atoms with Crippen molar-refractivity contribution in [3.05, 3.63) is 24.3 Å². The van der Waals surface area contributed by atoms with E-state index in [1.807, 2.05) is 7.05 Å². The van der Waals surface area contributed by atoms with Gasteiger partial charge in [0.25, 0.3) is 0 Å². The lowest BCUT2D eigenvalue weighted by atomic mass is 10.2. The summed E-state index contributed by atoms with van der Waals surface area (Å²) >= 11 is 0. The zero-order valence-corrected chi connectivity index (χ0v) is 11.7. The minimum Gasteiger partial charge on any atom is -0.385 e. The predicted molar refractivity (Wildman–Crippen MR) is 71.2 cm³/mol. The maximum Gasteiger partial charge on any atom is 0.341 e. The molecule has 1 rings (SSSR count). The van der Waals surface area contributed by atoms with Crippen LogP contribution in [0.25, 0.3) is 0 Å². The van der Waals surface area contributed by atoms with E-state index in [9.17, 15) is 17.2 Å². The SMILES string of the molecule is CNCC(C)CNc1ccc(S(=O)(=O)C(F)F)cc1. The number of sulfone groups is 1. The summed E-state index contributed by atoms with van der Waals surface area (Å²) in [5.41, 5.74) is 0.705. The highest BCUT2D eigenvalue weighted by molar-refractivity contribution is 7.91. The quantitative estimate of drug-likeness (QED) is 0.806. The first-order valence-corrected chi connectivity index (χ1v) is 7.43. The first-order valence-electron chi connectivity index (χ1n) is 5.88. The Balaban J connectivity index is 2.67. The Kier molecular flexibility index (Phi) is 5.68. The third kappa shape index (κ3) is 4.43. The van der Waals surface area contributed by atoms with Gasteiger partial charge in [0, 0.05) is 12.2 Å². The number of alkyl halides is 2. The van der Waals surface area contributed by atoms with E-state index in [4.69, 9.17) is 0 Å². The van der Waals surface area contributed by atoms with E-state index in [1.165, 1.54) is 24.3 Å². The molecule has 0 aromatic heterocycles. The molecule has 0 heterocycles. The monoisotopic (exact) mass is 292 g/mol. The van der Waals surface area contributed by atoms with Crippen molar-refractivity contribution in [2.24, 2.45) is 5.92 Å². The van der Waals surface area contributed by atoms with Gasteiger partial charge in [0.1, 0.15) is 0 Å². The average molecular weight is 292 g/mol. The standard InChI is InChI=1S/C12H18F2N2O2S/c1-9(7-15-2)8-16-10-3-5-11(6-4-10)19(17,18)12(13)14/h3-6,9,12,15-16H,7-8H2,1-2H3. The van der Waals surface area contributed by atoms with Crippen LogP contribution in [0.2, 0.25) is 0 Å². The topological polar surface area (TPSA) is 58.2 Å². The summed E-state index contributed by atoms with van der Waals surface area (Å²) < 4.78 is 47.1. The average Bonchev–Trinajstić information content (AvgIpc) is 2.37. The Morgan fingerprint density at radius 1 is 1.16 bits per heavy atom. The highest BCUT2D eigenvalue weighted by Crippen LogP contribution is 2.20. The number of hydrogen-bond donors (Lipinski definition) is 2. The molecule has 2 N–H and O–H groups in total. The maximum atomic E-state index is 12.3. The van der Waals surface area contributed by atoms with Crippen LogP contribution in [0.5, 0.6) is 0 Å². The molecule has 1 aromatic rings. The molecule has 1 unspecified atom stereocenters. The highest BCUT2D eigenvalue weighted by atomic mass is 32.2. The first kappa shape index (κ1) is 15.8. The predicted octanol–water partition coefficient (Wildman–Crippen LogP) is 1.95. The van der Waals surface area contributed by atoms with E-state index < -0.39 is 15.6 Å². The Morgan fingerprint density at radius 3 is 2.21 bits per heavy atom. The van der Waals surface area contributed by atoms with Gasteiger partial charge in [-0.1, -0.05) is 6.92 Å². The van der Waals surface area contributed by atoms with Crippen LogP contribution in [0.4, 0.5) is 14.5 Å². The van der Waals surface area contributed by atoms with Crippen molar-refractivity contribution in [1.82, 2.24) is 5.32 Å². The molecule has 0 aliphatic carbocycles. The van der Waals surface area contributed by atoms with Crippen LogP contribution < -0.4 is 10.6 Å². The molecule has 0 saturated carbocycles. The van der Waals surface area contributed by atoms with Crippen LogP contribution in [-0.4, -0.2) is 34.3 Å². The Hall–Kier alpha value is -1.21. The molecule has 108 valence electrons. The zero-order valence-electron chi connectivity index (χ0n) is 10.9. The third-order valence-electron chi connectivity index (χ3n) is 2.62. The van der Waals surface area contributed by atoms with Crippen LogP contribution in [0, 0.1) is 5.92 Å². The van der Waals surface area contributed by atoms with E-state index in [0.29, 0.717) is 18.2 Å². The molecule has 0 fully saturated rings. The second-order valence-electron chi connectivity index (χ2n) is 4.37. The Morgan fingerprint density at radius 2 is 1.74 bits per heavy atom. The van der Waals surface area contributed by atoms with E-state index in [-0.39, 0.29) is 4.90 Å². The molecule has 1 aromatic carbocycles. The van der Waals surface area contributed by atoms with Gasteiger partial charge in [-0.2, -0.15) is 8.78 Å². The molecule has 0 amide bonds. The van der Waals surface area contributed by atoms with Gasteiger partial charge in [0.15, 0.2) is 0 Å². The Labute approximate surface area is 112 Å². The van der Waals surface area contributed by atoms with Crippen LogP contribution in [0.1, 0.15) is 6.92 Å². The maximum absolute atomic E-state index is 12.3. The van der Waals surface area contributed by atoms with Crippen LogP contribution in [-0.2, 0) is 9.84 Å². The van der Waals surface area contributed by atoms with E-state index in [0.717, 1.165) is 6.54 Å². The lowest BCUT2D eigenvalue weighted by molar-refractivity contribution is 0.234. The third-order valence-corrected chi connectivity index (χ3v) is 4.02. The summed E-state index contributed by atoms with van der Waals surface area (Å²) in [6.07, 6.45) is 0. The number of nitrogens with one attached hydrogen (secondary N) is 2. The van der Waals surface area contributed by atoms with E-state index in [1.54, 1.807) is 0 Å². The molecular formula is C12H18F2N2O2S. The fraction of sp³-hybridized carbons (Fsp3) is 0.500. The second-order valence-corrected chi connectivity index (χ2v) is 6.29. The van der Waals surface area contributed by atoms with Crippen LogP contribution >= 0.6 is 0 Å². The van der Waals surface area contributed by atoms with Crippen molar-refractivity contribution in [2.45, 2.75) is 17.6 Å². The van der Waals surface area contributed by atoms with Crippen molar-refractivity contribution >= 4 is 15.5 Å². The molecule has 19 heavy (non-hydrogen) atoms. The fourth-order valence-corrected chi connectivity index (χ4v) is 2.30. The van der Waals surface area contributed by atoms with Gasteiger partial charge in [0.2, 0.25) is 9.84 Å². The molecule has 0 spiro atoms. The number of rotatable bonds is 7. The molecule has 7 heteroatoms. The molecule has 0 aliphatic rings. The van der Waals surface area contributed by atoms with Crippen LogP contribution in [0.15, 0.2) is 29.2 Å². The molecule has 0 bridgehead atoms. The van der Waals surface area contributed by atoms with Gasteiger partial charge in [0.05, 0.1) is 4.90 Å². The van der Waals surface area contributed by atoms with Gasteiger partial charge < -0.3 is 10.6 Å². The van der Waals surface area contributed by atoms with Crippen molar-refractivity contribution < 1.29 is 17.2 Å². The van der Waals surface area contributed by atoms with Gasteiger partial charge in [-0.05, 0) is 43.8 Å². The molecular weight excluding hydrogens is 274 g/mol. The summed E-state index contributed by atoms with van der Waals surface area (Å²) in [5.74, 6) is -2.99. The second kappa shape index (κ2) is 6.81. The minimum absolute atomic E-state index is 0.365. The normalized spacial score (nSPS) is 13.5. The summed E-state index contributed by atoms with van der Waals surface area (Å²) in [5, 5.41) is 6.16. The molecule has 0 radical (unpaired) electrons. The lowest BCUT2D eigenvalue weighted by Gasteiger charge is -2.13. The molecule has 0 aliphatic heterocycles. The first-order chi connectivity index (χ1) is 8.87. The minimum atomic E-state index is -4.50. The lowest BCUT2D eigenvalue weighted by Crippen LogP contribution is -2.22. The van der Waals surface area contributed by atoms with Crippen molar-refractivity contribution in [2.75, 3.05) is 25.5 Å².